The highest BCUT2D eigenvalue weighted by Gasteiger charge is 2.50. The van der Waals surface area contributed by atoms with Crippen LogP contribution in [0.5, 0.6) is 0 Å². The van der Waals surface area contributed by atoms with Gasteiger partial charge in [0.15, 0.2) is 0 Å². The Bertz CT molecular complexity index is 516. The lowest BCUT2D eigenvalue weighted by molar-refractivity contribution is -0.137. The van der Waals surface area contributed by atoms with Crippen molar-refractivity contribution in [2.75, 3.05) is 19.6 Å². The fraction of sp³-hybridized carbons (Fsp3) is 0.733. The van der Waals surface area contributed by atoms with E-state index in [0.29, 0.717) is 25.8 Å². The van der Waals surface area contributed by atoms with E-state index in [1.54, 1.807) is 0 Å². The molecule has 4 N–H and O–H groups in total. The van der Waals surface area contributed by atoms with Gasteiger partial charge in [0.2, 0.25) is 0 Å². The predicted molar refractivity (Wildman–Crippen MR) is 84.3 cm³/mol. The molecule has 9 heteroatoms. The Balaban J connectivity index is 1.69. The van der Waals surface area contributed by atoms with Crippen molar-refractivity contribution >= 4 is 23.9 Å². The maximum atomic E-state index is 12.5. The summed E-state index contributed by atoms with van der Waals surface area (Å²) in [6, 6.07) is -0.815. The van der Waals surface area contributed by atoms with Gasteiger partial charge in [0, 0.05) is 19.6 Å². The van der Waals surface area contributed by atoms with E-state index in [2.05, 4.69) is 16.0 Å². The largest absolute Gasteiger partial charge is 0.481 e. The minimum Gasteiger partial charge on any atom is -0.481 e. The van der Waals surface area contributed by atoms with Crippen LogP contribution in [0.25, 0.3) is 0 Å². The van der Waals surface area contributed by atoms with Gasteiger partial charge in [0.1, 0.15) is 5.54 Å². The first-order chi connectivity index (χ1) is 11.4. The fourth-order valence-electron chi connectivity index (χ4n) is 3.16. The van der Waals surface area contributed by atoms with Crippen LogP contribution in [0.4, 0.5) is 9.59 Å². The third-order valence-electron chi connectivity index (χ3n) is 4.42. The van der Waals surface area contributed by atoms with Gasteiger partial charge in [-0.25, -0.2) is 9.59 Å². The second-order valence-corrected chi connectivity index (χ2v) is 6.21. The van der Waals surface area contributed by atoms with Gasteiger partial charge < -0.3 is 21.1 Å². The van der Waals surface area contributed by atoms with Crippen LogP contribution in [0, 0.1) is 0 Å². The highest BCUT2D eigenvalue weighted by Crippen LogP contribution is 2.33. The molecule has 0 aromatic rings. The second kappa shape index (κ2) is 7.98. The lowest BCUT2D eigenvalue weighted by atomic mass is 9.82. The van der Waals surface area contributed by atoms with Crippen molar-refractivity contribution in [1.82, 2.24) is 20.9 Å². The first-order valence-electron chi connectivity index (χ1n) is 8.32. The lowest BCUT2D eigenvalue weighted by Gasteiger charge is -2.30. The molecule has 1 heterocycles. The van der Waals surface area contributed by atoms with Crippen LogP contribution < -0.4 is 16.0 Å². The zero-order chi connectivity index (χ0) is 17.6. The number of hydrogen-bond donors (Lipinski definition) is 4. The van der Waals surface area contributed by atoms with E-state index in [-0.39, 0.29) is 31.4 Å². The van der Waals surface area contributed by atoms with Crippen LogP contribution in [0.3, 0.4) is 0 Å². The number of hydrogen-bond acceptors (Lipinski definition) is 4. The molecule has 9 nitrogen and oxygen atoms in total. The molecule has 0 aromatic carbocycles. The number of nitrogens with zero attached hydrogens (tertiary/aromatic N) is 1. The molecule has 0 radical (unpaired) electrons. The minimum absolute atomic E-state index is 0.0523. The molecule has 2 rings (SSSR count). The van der Waals surface area contributed by atoms with Crippen molar-refractivity contribution in [3.05, 3.63) is 0 Å². The zero-order valence-electron chi connectivity index (χ0n) is 13.6. The molecule has 0 unspecified atom stereocenters. The van der Waals surface area contributed by atoms with E-state index in [9.17, 15) is 19.2 Å². The average molecular weight is 340 g/mol. The van der Waals surface area contributed by atoms with Gasteiger partial charge in [-0.2, -0.15) is 0 Å². The number of carbonyl (C=O) groups is 4. The van der Waals surface area contributed by atoms with Gasteiger partial charge in [-0.1, -0.05) is 19.3 Å². The summed E-state index contributed by atoms with van der Waals surface area (Å²) in [6.07, 6.45) is 4.66. The smallest absolute Gasteiger partial charge is 0.325 e. The van der Waals surface area contributed by atoms with Gasteiger partial charge in [-0.05, 0) is 19.3 Å². The van der Waals surface area contributed by atoms with Gasteiger partial charge in [-0.3, -0.25) is 14.5 Å². The van der Waals surface area contributed by atoms with Crippen LogP contribution >= 0.6 is 0 Å². The topological polar surface area (TPSA) is 128 Å². The molecular formula is C15H24N4O5. The third-order valence-corrected chi connectivity index (χ3v) is 4.42. The van der Waals surface area contributed by atoms with E-state index >= 15 is 0 Å². The first-order valence-corrected chi connectivity index (χ1v) is 8.32. The molecule has 0 aromatic heterocycles. The Labute approximate surface area is 140 Å². The summed E-state index contributed by atoms with van der Waals surface area (Å²) in [6.45, 7) is 0.599. The Morgan fingerprint density at radius 3 is 2.46 bits per heavy atom. The van der Waals surface area contributed by atoms with Crippen LogP contribution in [0.15, 0.2) is 0 Å². The summed E-state index contributed by atoms with van der Waals surface area (Å²) in [5.41, 5.74) is -0.711. The molecule has 2 fully saturated rings. The summed E-state index contributed by atoms with van der Waals surface area (Å²) in [5, 5.41) is 16.3. The minimum atomic E-state index is -0.981. The van der Waals surface area contributed by atoms with Crippen molar-refractivity contribution < 1.29 is 24.3 Å². The van der Waals surface area contributed by atoms with Crippen molar-refractivity contribution in [3.63, 3.8) is 0 Å². The second-order valence-electron chi connectivity index (χ2n) is 6.21. The molecule has 0 atom stereocenters. The van der Waals surface area contributed by atoms with E-state index in [0.717, 1.165) is 19.3 Å². The molecule has 1 saturated heterocycles. The Morgan fingerprint density at radius 2 is 1.79 bits per heavy atom. The van der Waals surface area contributed by atoms with Gasteiger partial charge in [0.25, 0.3) is 5.91 Å². The third kappa shape index (κ3) is 4.36. The molecule has 24 heavy (non-hydrogen) atoms. The molecule has 134 valence electrons. The number of aliphatic carboxylic acids is 1. The summed E-state index contributed by atoms with van der Waals surface area (Å²) in [5.74, 6) is -1.14. The Morgan fingerprint density at radius 1 is 1.12 bits per heavy atom. The normalized spacial score (nSPS) is 19.2. The molecule has 5 amide bonds. The molecule has 1 saturated carbocycles. The van der Waals surface area contributed by atoms with Crippen molar-refractivity contribution in [3.8, 4) is 0 Å². The van der Waals surface area contributed by atoms with Gasteiger partial charge >= 0.3 is 18.0 Å². The van der Waals surface area contributed by atoms with Crippen molar-refractivity contribution in [2.45, 2.75) is 50.5 Å². The summed E-state index contributed by atoms with van der Waals surface area (Å²) in [4.78, 5) is 47.5. The highest BCUT2D eigenvalue weighted by atomic mass is 16.4. The number of imide groups is 1. The summed E-state index contributed by atoms with van der Waals surface area (Å²) in [7, 11) is 0. The van der Waals surface area contributed by atoms with E-state index in [4.69, 9.17) is 5.11 Å². The van der Waals surface area contributed by atoms with Crippen LogP contribution in [0.2, 0.25) is 0 Å². The van der Waals surface area contributed by atoms with Crippen molar-refractivity contribution in [1.29, 1.82) is 0 Å². The Kier molecular flexibility index (Phi) is 5.99. The SMILES string of the molecule is O=C(O)CCNC(=O)NCCCN1C(=O)NC2(CCCCC2)C1=O. The molecule has 1 aliphatic heterocycles. The first kappa shape index (κ1) is 18.0. The maximum absolute atomic E-state index is 12.5. The maximum Gasteiger partial charge on any atom is 0.325 e. The standard InChI is InChI=1S/C15H24N4O5/c20-11(21)5-9-17-13(23)16-8-4-10-19-12(22)15(18-14(19)24)6-2-1-3-7-15/h1-10H2,(H,18,24)(H,20,21)(H2,16,17,23). The highest BCUT2D eigenvalue weighted by molar-refractivity contribution is 6.07. The van der Waals surface area contributed by atoms with E-state index < -0.39 is 17.5 Å². The number of carbonyl (C=O) groups excluding carboxylic acids is 3. The number of carboxylic acid groups (broad SMARTS) is 1. The lowest BCUT2D eigenvalue weighted by Crippen LogP contribution is -2.48. The summed E-state index contributed by atoms with van der Waals surface area (Å²) < 4.78 is 0. The molecule has 1 aliphatic carbocycles. The molecule has 1 spiro atoms. The quantitative estimate of drug-likeness (QED) is 0.394. The number of nitrogens with one attached hydrogen (secondary N) is 3. The number of amides is 5. The van der Waals surface area contributed by atoms with Crippen LogP contribution in [-0.4, -0.2) is 59.1 Å². The van der Waals surface area contributed by atoms with Gasteiger partial charge in [-0.15, -0.1) is 0 Å². The van der Waals surface area contributed by atoms with Crippen molar-refractivity contribution in [2.24, 2.45) is 0 Å². The van der Waals surface area contributed by atoms with Gasteiger partial charge in [0.05, 0.1) is 6.42 Å². The number of carboxylic acids is 1. The Hall–Kier alpha value is -2.32. The van der Waals surface area contributed by atoms with Crippen LogP contribution in [0.1, 0.15) is 44.9 Å². The monoisotopic (exact) mass is 340 g/mol. The van der Waals surface area contributed by atoms with E-state index in [1.807, 2.05) is 0 Å². The fourth-order valence-corrected chi connectivity index (χ4v) is 3.16. The molecule has 2 aliphatic rings. The molecular weight excluding hydrogens is 316 g/mol. The van der Waals surface area contributed by atoms with Crippen LogP contribution in [-0.2, 0) is 9.59 Å². The van der Waals surface area contributed by atoms with E-state index in [1.165, 1.54) is 4.90 Å². The molecule has 0 bridgehead atoms. The summed E-state index contributed by atoms with van der Waals surface area (Å²) >= 11 is 0. The predicted octanol–water partition coefficient (Wildman–Crippen LogP) is 0.405. The number of urea groups is 2. The number of rotatable bonds is 7. The zero-order valence-corrected chi connectivity index (χ0v) is 13.6. The average Bonchev–Trinajstić information content (AvgIpc) is 2.75.